The largest absolute Gasteiger partial charge is 0.457 e. The summed E-state index contributed by atoms with van der Waals surface area (Å²) in [5, 5.41) is 107. The molecule has 8 rings (SSSR count). The third kappa shape index (κ3) is 8.41. The SMILES string of the molecule is CC(=O)O[C@H]1CO[C@@H](O[C@@H]2CC[C@]3(C)[C@H](CC[C@]4(C)[C@@H]3CC=C3[C@H]5CC(C)(C)CC[C@]5(C(=O)O[C@@H]5O[C@H](CO[C@@H]6O[C@H](CO)[C@@H](O)[C@H](O)[C@H]6O)[C@@H](O)[C@H](O)[C@H]5O)CC[C@]34C)[C@]2(C)CO)[C@H](O)[C@H]1O. The van der Waals surface area contributed by atoms with Crippen LogP contribution in [-0.4, -0.2) is 182 Å². The minimum Gasteiger partial charge on any atom is -0.457 e. The average Bonchev–Trinajstić information content (AvgIpc) is 3.29. The molecule has 0 aromatic heterocycles. The van der Waals surface area contributed by atoms with Gasteiger partial charge in [-0.25, -0.2) is 0 Å². The summed E-state index contributed by atoms with van der Waals surface area (Å²) in [6.07, 6.45) is -12.6. The van der Waals surface area contributed by atoms with E-state index in [9.17, 15) is 60.7 Å². The fourth-order valence-electron chi connectivity index (χ4n) is 15.0. The number of hydrogen-bond donors (Lipinski definition) is 10. The summed E-state index contributed by atoms with van der Waals surface area (Å²) in [5.74, 6) is -1.15. The zero-order valence-corrected chi connectivity index (χ0v) is 40.5. The van der Waals surface area contributed by atoms with Gasteiger partial charge in [-0.1, -0.05) is 53.2 Å². The summed E-state index contributed by atoms with van der Waals surface area (Å²) in [7, 11) is 0. The molecule has 0 aromatic rings. The van der Waals surface area contributed by atoms with Crippen LogP contribution in [0.1, 0.15) is 113 Å². The van der Waals surface area contributed by atoms with Crippen LogP contribution in [0.2, 0.25) is 0 Å². The summed E-state index contributed by atoms with van der Waals surface area (Å²) in [6.45, 7) is 13.3. The van der Waals surface area contributed by atoms with E-state index in [2.05, 4.69) is 40.7 Å². The molecule has 10 N–H and O–H groups in total. The molecule has 0 bridgehead atoms. The van der Waals surface area contributed by atoms with Crippen molar-refractivity contribution >= 4 is 11.9 Å². The van der Waals surface area contributed by atoms with Gasteiger partial charge in [0.25, 0.3) is 0 Å². The Morgan fingerprint density at radius 1 is 0.691 bits per heavy atom. The maximum absolute atomic E-state index is 15.0. The van der Waals surface area contributed by atoms with Gasteiger partial charge in [-0.2, -0.15) is 0 Å². The maximum atomic E-state index is 15.0. The van der Waals surface area contributed by atoms with E-state index in [-0.39, 0.29) is 52.6 Å². The highest BCUT2D eigenvalue weighted by molar-refractivity contribution is 5.79. The molecule has 19 nitrogen and oxygen atoms in total. The minimum absolute atomic E-state index is 0.0309. The van der Waals surface area contributed by atoms with Gasteiger partial charge in [-0.15, -0.1) is 0 Å². The molecule has 0 amide bonds. The first-order valence-electron chi connectivity index (χ1n) is 24.8. The Morgan fingerprint density at radius 3 is 1.99 bits per heavy atom. The Morgan fingerprint density at radius 2 is 1.32 bits per heavy atom. The molecule has 0 unspecified atom stereocenters. The number of aliphatic hydroxyl groups is 10. The van der Waals surface area contributed by atoms with E-state index in [4.69, 9.17) is 33.2 Å². The van der Waals surface area contributed by atoms with Crippen LogP contribution in [0.25, 0.3) is 0 Å². The molecule has 388 valence electrons. The van der Waals surface area contributed by atoms with Gasteiger partial charge < -0.3 is 84.2 Å². The number of hydrogen-bond acceptors (Lipinski definition) is 19. The van der Waals surface area contributed by atoms with Gasteiger partial charge in [-0.05, 0) is 104 Å². The Labute approximate surface area is 398 Å². The molecule has 7 fully saturated rings. The van der Waals surface area contributed by atoms with E-state index in [0.717, 1.165) is 32.1 Å². The molecule has 3 aliphatic heterocycles. The Balaban J connectivity index is 1.01. The average molecular weight is 971 g/mol. The summed E-state index contributed by atoms with van der Waals surface area (Å²) in [6, 6.07) is 0. The smallest absolute Gasteiger partial charge is 0.315 e. The second kappa shape index (κ2) is 18.8. The topological polar surface area (TPSA) is 301 Å². The molecular weight excluding hydrogens is 893 g/mol. The highest BCUT2D eigenvalue weighted by atomic mass is 16.7. The molecule has 3 saturated heterocycles. The maximum Gasteiger partial charge on any atom is 0.315 e. The zero-order valence-electron chi connectivity index (χ0n) is 40.5. The number of aliphatic hydroxyl groups excluding tert-OH is 10. The summed E-state index contributed by atoms with van der Waals surface area (Å²) in [4.78, 5) is 26.6. The van der Waals surface area contributed by atoms with Gasteiger partial charge in [0.15, 0.2) is 18.7 Å². The van der Waals surface area contributed by atoms with Gasteiger partial charge in [0.05, 0.1) is 37.9 Å². The van der Waals surface area contributed by atoms with E-state index < -0.39 is 128 Å². The molecule has 4 saturated carbocycles. The predicted octanol–water partition coefficient (Wildman–Crippen LogP) is 0.323. The molecule has 23 atom stereocenters. The van der Waals surface area contributed by atoms with Gasteiger partial charge in [0, 0.05) is 12.3 Å². The molecule has 68 heavy (non-hydrogen) atoms. The fraction of sp³-hybridized carbons (Fsp3) is 0.918. The van der Waals surface area contributed by atoms with E-state index in [0.29, 0.717) is 32.1 Å². The number of esters is 2. The summed E-state index contributed by atoms with van der Waals surface area (Å²) >= 11 is 0. The van der Waals surface area contributed by atoms with Crippen LogP contribution < -0.4 is 0 Å². The highest BCUT2D eigenvalue weighted by Gasteiger charge is 2.70. The lowest BCUT2D eigenvalue weighted by molar-refractivity contribution is -0.328. The number of fused-ring (bicyclic) bond motifs is 7. The number of allylic oxidation sites excluding steroid dienone is 2. The first-order chi connectivity index (χ1) is 31.8. The van der Waals surface area contributed by atoms with E-state index in [1.54, 1.807) is 0 Å². The van der Waals surface area contributed by atoms with Gasteiger partial charge in [0.1, 0.15) is 61.0 Å². The summed E-state index contributed by atoms with van der Waals surface area (Å²) in [5.41, 5.74) is -1.35. The van der Waals surface area contributed by atoms with E-state index in [1.165, 1.54) is 12.5 Å². The Bertz CT molecular complexity index is 1880. The summed E-state index contributed by atoms with van der Waals surface area (Å²) < 4.78 is 40.6. The van der Waals surface area contributed by atoms with E-state index >= 15 is 0 Å². The molecule has 8 aliphatic rings. The highest BCUT2D eigenvalue weighted by Crippen LogP contribution is 2.76. The van der Waals surface area contributed by atoms with Gasteiger partial charge in [-0.3, -0.25) is 9.59 Å². The fourth-order valence-corrected chi connectivity index (χ4v) is 15.0. The number of rotatable bonds is 10. The quantitative estimate of drug-likeness (QED) is 0.0801. The standard InChI is InChI=1S/C49H78O19/c1-23(52)64-27-20-63-41(37(58)34(27)55)67-31-11-12-45(4)29(46(31,5)22-51)10-13-48(7)30(45)9-8-24-25-18-44(2,3)14-16-49(25,17-15-47(24,48)6)43(61)68-42-39(60)36(57)33(54)28(66-42)21-62-40-38(59)35(56)32(53)26(19-50)65-40/h8,25-42,50-51,53-60H,9-22H2,1-7H3/t25-,26-,27+,28-,29+,30-,31-,32-,33-,34+,35+,36+,37-,38-,39-,40-,41+,42+,45-,46+,47-,48-,49+/m1/s1. The van der Waals surface area contributed by atoms with Crippen molar-refractivity contribution in [3.63, 3.8) is 0 Å². The molecule has 0 spiro atoms. The Kier molecular flexibility index (Phi) is 14.5. The van der Waals surface area contributed by atoms with Gasteiger partial charge in [0.2, 0.25) is 6.29 Å². The molecular formula is C49H78O19. The van der Waals surface area contributed by atoms with Crippen molar-refractivity contribution < 1.29 is 93.8 Å². The van der Waals surface area contributed by atoms with Crippen LogP contribution in [0.5, 0.6) is 0 Å². The number of carbonyl (C=O) groups is 2. The van der Waals surface area contributed by atoms with Crippen molar-refractivity contribution in [1.29, 1.82) is 0 Å². The van der Waals surface area contributed by atoms with Crippen molar-refractivity contribution in [2.45, 2.75) is 205 Å². The van der Waals surface area contributed by atoms with Crippen molar-refractivity contribution in [2.75, 3.05) is 26.4 Å². The number of carbonyl (C=O) groups excluding carboxylic acids is 2. The van der Waals surface area contributed by atoms with Crippen molar-refractivity contribution in [3.05, 3.63) is 11.6 Å². The Hall–Kier alpha value is -1.92. The van der Waals surface area contributed by atoms with Crippen LogP contribution in [0.4, 0.5) is 0 Å². The van der Waals surface area contributed by atoms with Crippen LogP contribution in [0.3, 0.4) is 0 Å². The van der Waals surface area contributed by atoms with Crippen molar-refractivity contribution in [3.8, 4) is 0 Å². The number of ether oxygens (including phenoxy) is 7. The third-order valence-corrected chi connectivity index (χ3v) is 19.3. The van der Waals surface area contributed by atoms with Crippen molar-refractivity contribution in [2.24, 2.45) is 50.2 Å². The van der Waals surface area contributed by atoms with Crippen LogP contribution in [-0.2, 0) is 42.7 Å². The van der Waals surface area contributed by atoms with Crippen LogP contribution in [0, 0.1) is 50.2 Å². The lowest BCUT2D eigenvalue weighted by atomic mass is 9.33. The monoisotopic (exact) mass is 971 g/mol. The third-order valence-electron chi connectivity index (χ3n) is 19.3. The molecule has 19 heteroatoms. The molecule has 5 aliphatic carbocycles. The minimum atomic E-state index is -1.82. The molecule has 0 aromatic carbocycles. The second-order valence-corrected chi connectivity index (χ2v) is 23.5. The second-order valence-electron chi connectivity index (χ2n) is 23.5. The van der Waals surface area contributed by atoms with Crippen LogP contribution >= 0.6 is 0 Å². The molecule has 0 radical (unpaired) electrons. The van der Waals surface area contributed by atoms with Gasteiger partial charge >= 0.3 is 11.9 Å². The van der Waals surface area contributed by atoms with E-state index in [1.807, 2.05) is 6.92 Å². The zero-order chi connectivity index (χ0) is 49.7. The first kappa shape index (κ1) is 52.4. The molecule has 3 heterocycles. The lowest BCUT2D eigenvalue weighted by Crippen LogP contribution is -2.67. The normalized spacial score (nSPS) is 52.3. The van der Waals surface area contributed by atoms with Crippen molar-refractivity contribution in [1.82, 2.24) is 0 Å². The van der Waals surface area contributed by atoms with Crippen LogP contribution in [0.15, 0.2) is 11.6 Å². The first-order valence-corrected chi connectivity index (χ1v) is 24.8. The predicted molar refractivity (Wildman–Crippen MR) is 235 cm³/mol. The lowest BCUT2D eigenvalue weighted by Gasteiger charge is -2.71.